The number of aromatic amines is 1. The Hall–Kier alpha value is -3.39. The van der Waals surface area contributed by atoms with Crippen LogP contribution in [0.2, 0.25) is 0 Å². The largest absolute Gasteiger partial charge is 0.497 e. The molecule has 0 bridgehead atoms. The molecule has 0 saturated heterocycles. The number of anilines is 1. The highest BCUT2D eigenvalue weighted by Crippen LogP contribution is 2.23. The number of H-pyrrole nitrogens is 1. The van der Waals surface area contributed by atoms with Crippen LogP contribution in [-0.2, 0) is 4.74 Å². The van der Waals surface area contributed by atoms with Crippen LogP contribution in [-0.4, -0.2) is 46.7 Å². The van der Waals surface area contributed by atoms with Gasteiger partial charge in [-0.25, -0.2) is 9.78 Å². The van der Waals surface area contributed by atoms with Crippen LogP contribution in [0.5, 0.6) is 5.75 Å². The predicted molar refractivity (Wildman–Crippen MR) is 95.9 cm³/mol. The molecule has 0 aliphatic carbocycles. The van der Waals surface area contributed by atoms with Gasteiger partial charge in [0.15, 0.2) is 11.6 Å². The van der Waals surface area contributed by atoms with E-state index in [1.807, 2.05) is 30.3 Å². The maximum atomic E-state index is 11.6. The van der Waals surface area contributed by atoms with Crippen molar-refractivity contribution in [3.63, 3.8) is 0 Å². The molecule has 26 heavy (non-hydrogen) atoms. The Morgan fingerprint density at radius 2 is 2.00 bits per heavy atom. The first kappa shape index (κ1) is 17.4. The number of aromatic nitrogens is 3. The summed E-state index contributed by atoms with van der Waals surface area (Å²) in [5, 5.41) is 18.4. The van der Waals surface area contributed by atoms with Crippen LogP contribution in [0.4, 0.5) is 10.5 Å². The fourth-order valence-corrected chi connectivity index (χ4v) is 2.30. The van der Waals surface area contributed by atoms with E-state index in [2.05, 4.69) is 20.5 Å². The van der Waals surface area contributed by atoms with Crippen LogP contribution in [0.1, 0.15) is 0 Å². The number of rotatable bonds is 6. The van der Waals surface area contributed by atoms with Gasteiger partial charge in [0.1, 0.15) is 12.4 Å². The monoisotopic (exact) mass is 354 g/mol. The maximum absolute atomic E-state index is 11.6. The highest BCUT2D eigenvalue weighted by Gasteiger charge is 2.10. The van der Waals surface area contributed by atoms with Crippen molar-refractivity contribution < 1.29 is 19.4 Å². The van der Waals surface area contributed by atoms with Crippen molar-refractivity contribution >= 4 is 11.8 Å². The molecule has 0 spiro atoms. The first-order valence-electron chi connectivity index (χ1n) is 7.91. The number of hydrogen-bond donors (Lipinski definition) is 3. The smallest absolute Gasteiger partial charge is 0.411 e. The molecule has 0 aliphatic rings. The Morgan fingerprint density at radius 1 is 1.19 bits per heavy atom. The maximum Gasteiger partial charge on any atom is 0.411 e. The highest BCUT2D eigenvalue weighted by atomic mass is 16.6. The number of methoxy groups -OCH3 is 1. The van der Waals surface area contributed by atoms with Crippen molar-refractivity contribution in [2.45, 2.75) is 0 Å². The van der Waals surface area contributed by atoms with E-state index in [-0.39, 0.29) is 13.2 Å². The van der Waals surface area contributed by atoms with Gasteiger partial charge in [-0.05, 0) is 36.4 Å². The van der Waals surface area contributed by atoms with Gasteiger partial charge in [0.2, 0.25) is 0 Å². The van der Waals surface area contributed by atoms with Crippen molar-refractivity contribution in [3.8, 4) is 28.5 Å². The molecule has 1 amide bonds. The van der Waals surface area contributed by atoms with Crippen molar-refractivity contribution in [1.29, 1.82) is 0 Å². The minimum Gasteiger partial charge on any atom is -0.497 e. The summed E-state index contributed by atoms with van der Waals surface area (Å²) in [5.41, 5.74) is 2.16. The average Bonchev–Trinajstić information content (AvgIpc) is 3.17. The summed E-state index contributed by atoms with van der Waals surface area (Å²) in [6, 6.07) is 14.5. The third-order valence-electron chi connectivity index (χ3n) is 3.54. The second kappa shape index (κ2) is 8.13. The fourth-order valence-electron chi connectivity index (χ4n) is 2.30. The van der Waals surface area contributed by atoms with E-state index in [9.17, 15) is 4.79 Å². The van der Waals surface area contributed by atoms with Crippen LogP contribution in [0.15, 0.2) is 48.5 Å². The summed E-state index contributed by atoms with van der Waals surface area (Å²) in [6.45, 7) is -0.281. The zero-order valence-corrected chi connectivity index (χ0v) is 14.1. The molecule has 1 aromatic heterocycles. The number of amides is 1. The molecular formula is C18H18N4O4. The molecular weight excluding hydrogens is 336 g/mol. The SMILES string of the molecule is COc1ccc(-c2nc(-c3cccc(NC(=O)OCCO)c3)n[nH]2)cc1. The lowest BCUT2D eigenvalue weighted by atomic mass is 10.2. The van der Waals surface area contributed by atoms with Crippen molar-refractivity contribution in [3.05, 3.63) is 48.5 Å². The second-order valence-electron chi connectivity index (χ2n) is 5.30. The van der Waals surface area contributed by atoms with E-state index in [1.165, 1.54) is 0 Å². The zero-order chi connectivity index (χ0) is 18.4. The Labute approximate surface area is 149 Å². The fraction of sp³-hybridized carbons (Fsp3) is 0.167. The van der Waals surface area contributed by atoms with Gasteiger partial charge in [0, 0.05) is 16.8 Å². The third-order valence-corrected chi connectivity index (χ3v) is 3.54. The summed E-state index contributed by atoms with van der Waals surface area (Å²) in [5.74, 6) is 1.90. The Morgan fingerprint density at radius 3 is 2.73 bits per heavy atom. The minimum absolute atomic E-state index is 0.0579. The summed E-state index contributed by atoms with van der Waals surface area (Å²) < 4.78 is 9.92. The number of aliphatic hydroxyl groups excluding tert-OH is 1. The second-order valence-corrected chi connectivity index (χ2v) is 5.30. The number of carbonyl (C=O) groups excluding carboxylic acids is 1. The summed E-state index contributed by atoms with van der Waals surface area (Å²) in [6.07, 6.45) is -0.634. The normalized spacial score (nSPS) is 10.4. The lowest BCUT2D eigenvalue weighted by Crippen LogP contribution is -2.15. The first-order chi connectivity index (χ1) is 12.7. The van der Waals surface area contributed by atoms with Gasteiger partial charge in [-0.15, -0.1) is 0 Å². The van der Waals surface area contributed by atoms with Crippen LogP contribution in [0.25, 0.3) is 22.8 Å². The lowest BCUT2D eigenvalue weighted by molar-refractivity contribution is 0.131. The van der Waals surface area contributed by atoms with Crippen LogP contribution in [0.3, 0.4) is 0 Å². The van der Waals surface area contributed by atoms with E-state index in [0.29, 0.717) is 17.3 Å². The van der Waals surface area contributed by atoms with E-state index in [1.54, 1.807) is 25.3 Å². The Bertz CT molecular complexity index is 877. The quantitative estimate of drug-likeness (QED) is 0.628. The number of carbonyl (C=O) groups is 1. The number of nitrogens with one attached hydrogen (secondary N) is 2. The molecule has 8 heteroatoms. The summed E-state index contributed by atoms with van der Waals surface area (Å²) in [7, 11) is 1.61. The number of benzene rings is 2. The number of hydrogen-bond acceptors (Lipinski definition) is 6. The van der Waals surface area contributed by atoms with Gasteiger partial charge in [-0.2, -0.15) is 5.10 Å². The molecule has 3 N–H and O–H groups in total. The Balaban J connectivity index is 1.76. The van der Waals surface area contributed by atoms with Crippen LogP contribution >= 0.6 is 0 Å². The van der Waals surface area contributed by atoms with Gasteiger partial charge in [-0.3, -0.25) is 10.4 Å². The molecule has 0 fully saturated rings. The van der Waals surface area contributed by atoms with Crippen molar-refractivity contribution in [2.24, 2.45) is 0 Å². The molecule has 2 aromatic carbocycles. The number of ether oxygens (including phenoxy) is 2. The summed E-state index contributed by atoms with van der Waals surface area (Å²) in [4.78, 5) is 16.1. The van der Waals surface area contributed by atoms with E-state index in [4.69, 9.17) is 14.6 Å². The zero-order valence-electron chi connectivity index (χ0n) is 14.1. The van der Waals surface area contributed by atoms with Gasteiger partial charge in [0.05, 0.1) is 13.7 Å². The average molecular weight is 354 g/mol. The van der Waals surface area contributed by atoms with Crippen molar-refractivity contribution in [2.75, 3.05) is 25.6 Å². The number of nitrogens with zero attached hydrogens (tertiary/aromatic N) is 2. The molecule has 3 rings (SSSR count). The molecule has 1 heterocycles. The van der Waals surface area contributed by atoms with Crippen LogP contribution < -0.4 is 10.1 Å². The lowest BCUT2D eigenvalue weighted by Gasteiger charge is -2.06. The van der Waals surface area contributed by atoms with Gasteiger partial charge < -0.3 is 14.6 Å². The molecule has 3 aromatic rings. The first-order valence-corrected chi connectivity index (χ1v) is 7.91. The van der Waals surface area contributed by atoms with Gasteiger partial charge >= 0.3 is 6.09 Å². The third kappa shape index (κ3) is 4.17. The highest BCUT2D eigenvalue weighted by molar-refractivity contribution is 5.85. The number of aliphatic hydroxyl groups is 1. The molecule has 8 nitrogen and oxygen atoms in total. The molecule has 0 radical (unpaired) electrons. The molecule has 0 unspecified atom stereocenters. The topological polar surface area (TPSA) is 109 Å². The van der Waals surface area contributed by atoms with E-state index >= 15 is 0 Å². The molecule has 0 saturated carbocycles. The van der Waals surface area contributed by atoms with Gasteiger partial charge in [-0.1, -0.05) is 12.1 Å². The van der Waals surface area contributed by atoms with E-state index < -0.39 is 6.09 Å². The minimum atomic E-state index is -0.634. The molecule has 0 atom stereocenters. The standard InChI is InChI=1S/C18H18N4O4/c1-25-15-7-5-12(6-8-15)16-20-17(22-21-16)13-3-2-4-14(11-13)19-18(24)26-10-9-23/h2-8,11,23H,9-10H2,1H3,(H,19,24)(H,20,21,22). The predicted octanol–water partition coefficient (Wildman–Crippen LogP) is 2.69. The molecule has 0 aliphatic heterocycles. The van der Waals surface area contributed by atoms with Crippen LogP contribution in [0, 0.1) is 0 Å². The Kier molecular flexibility index (Phi) is 5.45. The molecule has 134 valence electrons. The van der Waals surface area contributed by atoms with E-state index in [0.717, 1.165) is 16.9 Å². The summed E-state index contributed by atoms with van der Waals surface area (Å²) >= 11 is 0. The van der Waals surface area contributed by atoms with Crippen molar-refractivity contribution in [1.82, 2.24) is 15.2 Å². The van der Waals surface area contributed by atoms with Gasteiger partial charge in [0.25, 0.3) is 0 Å².